The lowest BCUT2D eigenvalue weighted by Gasteiger charge is -2.09. The molecule has 1 N–H and O–H groups in total. The van der Waals surface area contributed by atoms with Gasteiger partial charge in [0.15, 0.2) is 5.82 Å². The standard InChI is InChI=1S/C22H19N7O/c1-14-12-15(2)29-22(23-14)25-19(27-29)13-20(30)26-21-24-17-10-6-7-11-18(17)28(21)16-8-4-3-5-9-16/h3-12H,13H2,1-2H3,(H,24,26,30). The third kappa shape index (κ3) is 3.18. The lowest BCUT2D eigenvalue weighted by atomic mass is 10.3. The van der Waals surface area contributed by atoms with Gasteiger partial charge in [0.2, 0.25) is 11.9 Å². The minimum absolute atomic E-state index is 0.0276. The second-order valence-corrected chi connectivity index (χ2v) is 7.10. The number of amides is 1. The first-order valence-corrected chi connectivity index (χ1v) is 9.61. The van der Waals surface area contributed by atoms with E-state index in [1.165, 1.54) is 0 Å². The molecule has 0 aliphatic rings. The lowest BCUT2D eigenvalue weighted by Crippen LogP contribution is -2.18. The zero-order chi connectivity index (χ0) is 20.7. The van der Waals surface area contributed by atoms with Gasteiger partial charge >= 0.3 is 0 Å². The number of hydrogen-bond acceptors (Lipinski definition) is 5. The Kier molecular flexibility index (Phi) is 4.24. The monoisotopic (exact) mass is 397 g/mol. The summed E-state index contributed by atoms with van der Waals surface area (Å²) in [6.07, 6.45) is 0.0276. The molecule has 0 saturated heterocycles. The Bertz CT molecular complexity index is 1390. The van der Waals surface area contributed by atoms with Gasteiger partial charge in [0.1, 0.15) is 0 Å². The summed E-state index contributed by atoms with van der Waals surface area (Å²) in [6, 6.07) is 19.5. The summed E-state index contributed by atoms with van der Waals surface area (Å²) in [4.78, 5) is 26.2. The van der Waals surface area contributed by atoms with Crippen molar-refractivity contribution in [1.82, 2.24) is 29.1 Å². The van der Waals surface area contributed by atoms with E-state index in [1.54, 1.807) is 4.52 Å². The highest BCUT2D eigenvalue weighted by Gasteiger charge is 2.17. The first kappa shape index (κ1) is 18.0. The van der Waals surface area contributed by atoms with Gasteiger partial charge in [-0.25, -0.2) is 14.5 Å². The van der Waals surface area contributed by atoms with Crippen molar-refractivity contribution in [3.8, 4) is 5.69 Å². The summed E-state index contributed by atoms with van der Waals surface area (Å²) < 4.78 is 3.58. The van der Waals surface area contributed by atoms with Crippen molar-refractivity contribution in [2.24, 2.45) is 0 Å². The Balaban J connectivity index is 1.47. The zero-order valence-corrected chi connectivity index (χ0v) is 16.6. The van der Waals surface area contributed by atoms with E-state index < -0.39 is 0 Å². The number of carbonyl (C=O) groups is 1. The fourth-order valence-corrected chi connectivity index (χ4v) is 3.54. The van der Waals surface area contributed by atoms with Crippen molar-refractivity contribution in [2.75, 3.05) is 5.32 Å². The van der Waals surface area contributed by atoms with Crippen molar-refractivity contribution in [1.29, 1.82) is 0 Å². The fraction of sp³-hybridized carbons (Fsp3) is 0.136. The van der Waals surface area contributed by atoms with E-state index in [1.807, 2.05) is 79.1 Å². The van der Waals surface area contributed by atoms with E-state index >= 15 is 0 Å². The molecular formula is C22H19N7O. The van der Waals surface area contributed by atoms with E-state index in [2.05, 4.69) is 25.4 Å². The van der Waals surface area contributed by atoms with Crippen LogP contribution in [0, 0.1) is 13.8 Å². The maximum absolute atomic E-state index is 12.8. The van der Waals surface area contributed by atoms with E-state index in [-0.39, 0.29) is 12.3 Å². The van der Waals surface area contributed by atoms with Crippen LogP contribution in [-0.4, -0.2) is 35.0 Å². The van der Waals surface area contributed by atoms with Crippen LogP contribution in [-0.2, 0) is 11.2 Å². The number of benzene rings is 2. The quantitative estimate of drug-likeness (QED) is 0.503. The van der Waals surface area contributed by atoms with Gasteiger partial charge in [-0.05, 0) is 44.2 Å². The third-order valence-electron chi connectivity index (χ3n) is 4.81. The van der Waals surface area contributed by atoms with Crippen molar-refractivity contribution >= 4 is 28.7 Å². The normalized spacial score (nSPS) is 11.3. The highest BCUT2D eigenvalue weighted by Crippen LogP contribution is 2.24. The van der Waals surface area contributed by atoms with Crippen LogP contribution in [0.3, 0.4) is 0 Å². The number of para-hydroxylation sites is 3. The predicted molar refractivity (Wildman–Crippen MR) is 114 cm³/mol. The number of nitrogens with one attached hydrogen (secondary N) is 1. The summed E-state index contributed by atoms with van der Waals surface area (Å²) in [7, 11) is 0. The minimum atomic E-state index is -0.243. The highest BCUT2D eigenvalue weighted by atomic mass is 16.1. The van der Waals surface area contributed by atoms with Gasteiger partial charge in [-0.3, -0.25) is 14.7 Å². The molecule has 0 fully saturated rings. The summed E-state index contributed by atoms with van der Waals surface area (Å²) in [5.74, 6) is 1.12. The van der Waals surface area contributed by atoms with Crippen molar-refractivity contribution in [3.63, 3.8) is 0 Å². The first-order valence-electron chi connectivity index (χ1n) is 9.61. The number of carbonyl (C=O) groups excluding carboxylic acids is 1. The van der Waals surface area contributed by atoms with Gasteiger partial charge in [0.25, 0.3) is 5.78 Å². The second-order valence-electron chi connectivity index (χ2n) is 7.10. The van der Waals surface area contributed by atoms with Crippen LogP contribution in [0.1, 0.15) is 17.2 Å². The summed E-state index contributed by atoms with van der Waals surface area (Å²) in [5.41, 5.74) is 4.42. The maximum atomic E-state index is 12.8. The molecule has 8 nitrogen and oxygen atoms in total. The Morgan fingerprint density at radius 3 is 2.57 bits per heavy atom. The molecule has 2 aromatic carbocycles. The van der Waals surface area contributed by atoms with Crippen LogP contribution in [0.15, 0.2) is 60.7 Å². The fourth-order valence-electron chi connectivity index (χ4n) is 3.54. The topological polar surface area (TPSA) is 90.0 Å². The number of imidazole rings is 1. The Morgan fingerprint density at radius 1 is 0.967 bits per heavy atom. The molecule has 1 amide bonds. The molecule has 0 bridgehead atoms. The molecule has 148 valence electrons. The number of nitrogens with zero attached hydrogens (tertiary/aromatic N) is 6. The Hall–Kier alpha value is -4.07. The number of aromatic nitrogens is 6. The molecule has 0 aliphatic heterocycles. The van der Waals surface area contributed by atoms with Crippen molar-refractivity contribution in [2.45, 2.75) is 20.3 Å². The number of anilines is 1. The van der Waals surface area contributed by atoms with Crippen LogP contribution in [0.5, 0.6) is 0 Å². The van der Waals surface area contributed by atoms with Crippen LogP contribution in [0.4, 0.5) is 5.95 Å². The van der Waals surface area contributed by atoms with Crippen molar-refractivity contribution < 1.29 is 4.79 Å². The van der Waals surface area contributed by atoms with E-state index in [9.17, 15) is 4.79 Å². The largest absolute Gasteiger partial charge is 0.295 e. The molecule has 5 rings (SSSR count). The first-order chi connectivity index (χ1) is 14.6. The van der Waals surface area contributed by atoms with Crippen LogP contribution in [0.25, 0.3) is 22.5 Å². The SMILES string of the molecule is Cc1cc(C)n2nc(CC(=O)Nc3nc4ccccc4n3-c3ccccc3)nc2n1. The maximum Gasteiger partial charge on any atom is 0.252 e. The summed E-state index contributed by atoms with van der Waals surface area (Å²) >= 11 is 0. The van der Waals surface area contributed by atoms with Crippen molar-refractivity contribution in [3.05, 3.63) is 77.9 Å². The molecule has 0 atom stereocenters. The smallest absolute Gasteiger partial charge is 0.252 e. The predicted octanol–water partition coefficient (Wildman–Crippen LogP) is 3.26. The van der Waals surface area contributed by atoms with E-state index in [0.29, 0.717) is 17.6 Å². The third-order valence-corrected chi connectivity index (χ3v) is 4.81. The molecule has 3 heterocycles. The number of aryl methyl sites for hydroxylation is 2. The molecule has 0 saturated carbocycles. The van der Waals surface area contributed by atoms with Gasteiger partial charge in [-0.1, -0.05) is 30.3 Å². The average Bonchev–Trinajstić information content (AvgIpc) is 3.29. The number of rotatable bonds is 4. The van der Waals surface area contributed by atoms with Gasteiger partial charge < -0.3 is 0 Å². The lowest BCUT2D eigenvalue weighted by molar-refractivity contribution is -0.115. The molecule has 0 aliphatic carbocycles. The van der Waals surface area contributed by atoms with Gasteiger partial charge in [0, 0.05) is 17.1 Å². The average molecular weight is 397 g/mol. The van der Waals surface area contributed by atoms with Gasteiger partial charge in [0.05, 0.1) is 17.5 Å². The summed E-state index contributed by atoms with van der Waals surface area (Å²) in [6.45, 7) is 3.84. The van der Waals surface area contributed by atoms with Crippen LogP contribution in [0.2, 0.25) is 0 Å². The van der Waals surface area contributed by atoms with Gasteiger partial charge in [-0.15, -0.1) is 5.10 Å². The summed E-state index contributed by atoms with van der Waals surface area (Å²) in [5, 5.41) is 7.33. The molecule has 30 heavy (non-hydrogen) atoms. The zero-order valence-electron chi connectivity index (χ0n) is 16.6. The highest BCUT2D eigenvalue weighted by molar-refractivity contribution is 5.93. The minimum Gasteiger partial charge on any atom is -0.295 e. The number of fused-ring (bicyclic) bond motifs is 2. The second kappa shape index (κ2) is 7.07. The van der Waals surface area contributed by atoms with Gasteiger partial charge in [-0.2, -0.15) is 4.98 Å². The van der Waals surface area contributed by atoms with E-state index in [4.69, 9.17) is 0 Å². The molecule has 0 radical (unpaired) electrons. The molecule has 0 unspecified atom stereocenters. The molecular weight excluding hydrogens is 378 g/mol. The van der Waals surface area contributed by atoms with Crippen LogP contribution < -0.4 is 5.32 Å². The molecule has 8 heteroatoms. The Labute approximate surface area is 172 Å². The Morgan fingerprint density at radius 2 is 1.73 bits per heavy atom. The molecule has 0 spiro atoms. The molecule has 3 aromatic heterocycles. The van der Waals surface area contributed by atoms with E-state index in [0.717, 1.165) is 28.1 Å². The molecule has 5 aromatic rings. The van der Waals surface area contributed by atoms with Crippen LogP contribution >= 0.6 is 0 Å². The number of hydrogen-bond donors (Lipinski definition) is 1.